The molecule has 0 aliphatic heterocycles. The number of aliphatic hydroxyl groups is 1. The third kappa shape index (κ3) is 2.73. The van der Waals surface area contributed by atoms with Crippen LogP contribution in [0.5, 0.6) is 0 Å². The average molecular weight is 227 g/mol. The van der Waals surface area contributed by atoms with E-state index in [0.29, 0.717) is 0 Å². The van der Waals surface area contributed by atoms with E-state index < -0.39 is 6.10 Å². The van der Waals surface area contributed by atoms with Crippen molar-refractivity contribution in [3.63, 3.8) is 0 Å². The zero-order valence-electron chi connectivity index (χ0n) is 9.88. The monoisotopic (exact) mass is 227 g/mol. The minimum Gasteiger partial charge on any atom is -0.386 e. The second-order valence-electron chi connectivity index (χ2n) is 4.29. The molecule has 0 unspecified atom stereocenters. The van der Waals surface area contributed by atoms with Crippen LogP contribution in [0.4, 0.5) is 0 Å². The van der Waals surface area contributed by atoms with Gasteiger partial charge < -0.3 is 10.8 Å². The van der Waals surface area contributed by atoms with Gasteiger partial charge >= 0.3 is 0 Å². The highest BCUT2D eigenvalue weighted by molar-refractivity contribution is 5.27. The predicted molar refractivity (Wildman–Crippen MR) is 69.5 cm³/mol. The Balaban J connectivity index is 2.20. The summed E-state index contributed by atoms with van der Waals surface area (Å²) in [5, 5.41) is 10.2. The molecule has 3 N–H and O–H groups in total. The zero-order chi connectivity index (χ0) is 12.3. The molecule has 17 heavy (non-hydrogen) atoms. The van der Waals surface area contributed by atoms with Gasteiger partial charge in [-0.3, -0.25) is 0 Å². The van der Waals surface area contributed by atoms with E-state index in [1.165, 1.54) is 5.56 Å². The summed E-state index contributed by atoms with van der Waals surface area (Å²) in [5.41, 5.74) is 9.03. The van der Waals surface area contributed by atoms with Gasteiger partial charge in [0.25, 0.3) is 0 Å². The lowest BCUT2D eigenvalue weighted by Crippen LogP contribution is -2.19. The van der Waals surface area contributed by atoms with Crippen molar-refractivity contribution in [2.45, 2.75) is 19.1 Å². The number of hydrogen-bond acceptors (Lipinski definition) is 2. The first-order valence-electron chi connectivity index (χ1n) is 5.73. The maximum atomic E-state index is 10.2. The van der Waals surface area contributed by atoms with E-state index in [2.05, 4.69) is 0 Å². The van der Waals surface area contributed by atoms with E-state index in [4.69, 9.17) is 5.73 Å². The topological polar surface area (TPSA) is 46.2 Å². The predicted octanol–water partition coefficient (Wildman–Crippen LogP) is 2.73. The molecule has 2 aromatic carbocycles. The van der Waals surface area contributed by atoms with Gasteiger partial charge in [0.05, 0.1) is 12.1 Å². The quantitative estimate of drug-likeness (QED) is 0.847. The largest absolute Gasteiger partial charge is 0.386 e. The minimum absolute atomic E-state index is 0.390. The molecule has 0 radical (unpaired) electrons. The Labute approximate surface area is 102 Å². The minimum atomic E-state index is -0.669. The molecule has 0 fully saturated rings. The van der Waals surface area contributed by atoms with Crippen molar-refractivity contribution in [3.05, 3.63) is 71.3 Å². The normalized spacial score (nSPS) is 14.3. The number of aryl methyl sites for hydroxylation is 1. The van der Waals surface area contributed by atoms with Crippen molar-refractivity contribution in [3.8, 4) is 0 Å². The van der Waals surface area contributed by atoms with Crippen LogP contribution in [0.15, 0.2) is 54.6 Å². The second-order valence-corrected chi connectivity index (χ2v) is 4.29. The Hall–Kier alpha value is -1.64. The Morgan fingerprint density at radius 3 is 2.06 bits per heavy atom. The molecule has 0 saturated heterocycles. The molecule has 0 heterocycles. The number of aliphatic hydroxyl groups excluding tert-OH is 1. The van der Waals surface area contributed by atoms with Crippen LogP contribution in [-0.2, 0) is 0 Å². The van der Waals surface area contributed by atoms with Crippen molar-refractivity contribution in [2.24, 2.45) is 5.73 Å². The number of rotatable bonds is 3. The van der Waals surface area contributed by atoms with Gasteiger partial charge in [0, 0.05) is 0 Å². The van der Waals surface area contributed by atoms with Gasteiger partial charge in [-0.25, -0.2) is 0 Å². The molecular formula is C15H17NO. The van der Waals surface area contributed by atoms with Gasteiger partial charge in [0.15, 0.2) is 0 Å². The van der Waals surface area contributed by atoms with Crippen molar-refractivity contribution in [1.82, 2.24) is 0 Å². The number of nitrogens with two attached hydrogens (primary N) is 1. The lowest BCUT2D eigenvalue weighted by molar-refractivity contribution is 0.147. The Morgan fingerprint density at radius 1 is 0.882 bits per heavy atom. The van der Waals surface area contributed by atoms with Crippen LogP contribution in [0, 0.1) is 6.92 Å². The van der Waals surface area contributed by atoms with Gasteiger partial charge in [-0.1, -0.05) is 60.2 Å². The Kier molecular flexibility index (Phi) is 3.57. The van der Waals surface area contributed by atoms with Gasteiger partial charge in [0.1, 0.15) is 0 Å². The van der Waals surface area contributed by atoms with Gasteiger partial charge in [-0.15, -0.1) is 0 Å². The molecule has 2 aromatic rings. The fraction of sp³-hybridized carbons (Fsp3) is 0.200. The van der Waals surface area contributed by atoms with E-state index in [-0.39, 0.29) is 6.04 Å². The molecule has 2 heteroatoms. The summed E-state index contributed by atoms with van der Waals surface area (Å²) in [5.74, 6) is 0. The first kappa shape index (κ1) is 11.8. The van der Waals surface area contributed by atoms with Crippen molar-refractivity contribution >= 4 is 0 Å². The third-order valence-electron chi connectivity index (χ3n) is 2.94. The summed E-state index contributed by atoms with van der Waals surface area (Å²) in [7, 11) is 0. The van der Waals surface area contributed by atoms with Crippen molar-refractivity contribution in [2.75, 3.05) is 0 Å². The van der Waals surface area contributed by atoms with Crippen LogP contribution < -0.4 is 5.73 Å². The summed E-state index contributed by atoms with van der Waals surface area (Å²) in [6.45, 7) is 2.02. The lowest BCUT2D eigenvalue weighted by Gasteiger charge is -2.19. The first-order valence-corrected chi connectivity index (χ1v) is 5.73. The summed E-state index contributed by atoms with van der Waals surface area (Å²) in [6.07, 6.45) is -0.669. The maximum Gasteiger partial charge on any atom is 0.0982 e. The highest BCUT2D eigenvalue weighted by atomic mass is 16.3. The molecule has 88 valence electrons. The van der Waals surface area contributed by atoms with Crippen LogP contribution in [0.25, 0.3) is 0 Å². The molecule has 0 aliphatic carbocycles. The Morgan fingerprint density at radius 2 is 1.47 bits per heavy atom. The number of hydrogen-bond donors (Lipinski definition) is 2. The second kappa shape index (κ2) is 5.13. The lowest BCUT2D eigenvalue weighted by atomic mass is 9.96. The summed E-state index contributed by atoms with van der Waals surface area (Å²) >= 11 is 0. The molecule has 0 aliphatic rings. The van der Waals surface area contributed by atoms with Crippen LogP contribution >= 0.6 is 0 Å². The van der Waals surface area contributed by atoms with Crippen LogP contribution in [0.2, 0.25) is 0 Å². The molecular weight excluding hydrogens is 210 g/mol. The summed E-state index contributed by atoms with van der Waals surface area (Å²) in [4.78, 5) is 0. The first-order chi connectivity index (χ1) is 8.18. The highest BCUT2D eigenvalue weighted by Gasteiger charge is 2.18. The molecule has 2 atom stereocenters. The van der Waals surface area contributed by atoms with Crippen molar-refractivity contribution in [1.29, 1.82) is 0 Å². The molecule has 2 nitrogen and oxygen atoms in total. The standard InChI is InChI=1S/C15H17NO/c1-11-7-9-13(10-8-11)15(17)14(16)12-5-3-2-4-6-12/h2-10,14-15,17H,16H2,1H3/t14-,15-/m1/s1. The van der Waals surface area contributed by atoms with E-state index in [0.717, 1.165) is 11.1 Å². The molecule has 0 bridgehead atoms. The fourth-order valence-electron chi connectivity index (χ4n) is 1.83. The van der Waals surface area contributed by atoms with E-state index >= 15 is 0 Å². The van der Waals surface area contributed by atoms with E-state index in [9.17, 15) is 5.11 Å². The summed E-state index contributed by atoms with van der Waals surface area (Å²) < 4.78 is 0. The Bertz CT molecular complexity index is 464. The number of benzene rings is 2. The van der Waals surface area contributed by atoms with E-state index in [1.807, 2.05) is 61.5 Å². The molecule has 0 aromatic heterocycles. The van der Waals surface area contributed by atoms with Crippen LogP contribution in [0.1, 0.15) is 28.8 Å². The zero-order valence-corrected chi connectivity index (χ0v) is 9.88. The van der Waals surface area contributed by atoms with Crippen LogP contribution in [0.3, 0.4) is 0 Å². The van der Waals surface area contributed by atoms with E-state index in [1.54, 1.807) is 0 Å². The smallest absolute Gasteiger partial charge is 0.0982 e. The molecule has 0 amide bonds. The van der Waals surface area contributed by atoms with Gasteiger partial charge in [0.2, 0.25) is 0 Å². The molecule has 2 rings (SSSR count). The average Bonchev–Trinajstić information content (AvgIpc) is 2.39. The SMILES string of the molecule is Cc1ccc([C@@H](O)[C@H](N)c2ccccc2)cc1. The molecule has 0 spiro atoms. The van der Waals surface area contributed by atoms with Crippen molar-refractivity contribution < 1.29 is 5.11 Å². The van der Waals surface area contributed by atoms with Gasteiger partial charge in [-0.2, -0.15) is 0 Å². The summed E-state index contributed by atoms with van der Waals surface area (Å²) in [6, 6.07) is 17.1. The van der Waals surface area contributed by atoms with Gasteiger partial charge in [-0.05, 0) is 18.1 Å². The fourth-order valence-corrected chi connectivity index (χ4v) is 1.83. The van der Waals surface area contributed by atoms with Crippen LogP contribution in [-0.4, -0.2) is 5.11 Å². The highest BCUT2D eigenvalue weighted by Crippen LogP contribution is 2.26. The third-order valence-corrected chi connectivity index (χ3v) is 2.94. The maximum absolute atomic E-state index is 10.2. The molecule has 0 saturated carbocycles.